The van der Waals surface area contributed by atoms with Crippen molar-refractivity contribution in [1.29, 1.82) is 0 Å². The molecule has 0 saturated heterocycles. The molecule has 0 saturated carbocycles. The standard InChI is InChI=1S/C15H17ClN2O2/c1-11(9-12-5-4-8-20-12)17-10-15(19)18-14-7-3-2-6-13(14)16/h2-8,11,17H,9-10H2,1H3,(H,18,19). The van der Waals surface area contributed by atoms with Crippen LogP contribution in [0.4, 0.5) is 5.69 Å². The zero-order valence-corrected chi connectivity index (χ0v) is 12.0. The van der Waals surface area contributed by atoms with Gasteiger partial charge >= 0.3 is 0 Å². The van der Waals surface area contributed by atoms with Gasteiger partial charge in [-0.15, -0.1) is 0 Å². The number of carbonyl (C=O) groups excluding carboxylic acids is 1. The largest absolute Gasteiger partial charge is 0.469 e. The van der Waals surface area contributed by atoms with Gasteiger partial charge in [-0.3, -0.25) is 4.79 Å². The third kappa shape index (κ3) is 4.40. The number of anilines is 1. The molecule has 2 aromatic rings. The Labute approximate surface area is 123 Å². The zero-order valence-electron chi connectivity index (χ0n) is 11.2. The van der Waals surface area contributed by atoms with E-state index < -0.39 is 0 Å². The van der Waals surface area contributed by atoms with E-state index in [4.69, 9.17) is 16.0 Å². The lowest BCUT2D eigenvalue weighted by atomic mass is 10.2. The molecule has 2 N–H and O–H groups in total. The molecular formula is C15H17ClN2O2. The molecule has 0 aliphatic carbocycles. The van der Waals surface area contributed by atoms with Crippen molar-refractivity contribution >= 4 is 23.2 Å². The highest BCUT2D eigenvalue weighted by atomic mass is 35.5. The Morgan fingerprint density at radius 2 is 2.10 bits per heavy atom. The Morgan fingerprint density at radius 3 is 2.80 bits per heavy atom. The SMILES string of the molecule is CC(Cc1ccco1)NCC(=O)Nc1ccccc1Cl. The molecule has 0 bridgehead atoms. The first-order valence-electron chi connectivity index (χ1n) is 6.45. The number of nitrogens with one attached hydrogen (secondary N) is 2. The Hall–Kier alpha value is -1.78. The first-order valence-corrected chi connectivity index (χ1v) is 6.83. The molecule has 1 heterocycles. The van der Waals surface area contributed by atoms with E-state index in [1.807, 2.05) is 31.2 Å². The van der Waals surface area contributed by atoms with Gasteiger partial charge in [0.25, 0.3) is 0 Å². The number of benzene rings is 1. The van der Waals surface area contributed by atoms with E-state index in [-0.39, 0.29) is 18.5 Å². The number of rotatable bonds is 6. The minimum Gasteiger partial charge on any atom is -0.469 e. The fourth-order valence-electron chi connectivity index (χ4n) is 1.83. The monoisotopic (exact) mass is 292 g/mol. The van der Waals surface area contributed by atoms with Crippen molar-refractivity contribution in [3.8, 4) is 0 Å². The summed E-state index contributed by atoms with van der Waals surface area (Å²) in [5.74, 6) is 0.779. The predicted octanol–water partition coefficient (Wildman–Crippen LogP) is 3.09. The van der Waals surface area contributed by atoms with Gasteiger partial charge in [0.2, 0.25) is 5.91 Å². The van der Waals surface area contributed by atoms with Crippen LogP contribution in [0.3, 0.4) is 0 Å². The van der Waals surface area contributed by atoms with E-state index in [9.17, 15) is 4.79 Å². The van der Waals surface area contributed by atoms with Crippen molar-refractivity contribution < 1.29 is 9.21 Å². The third-order valence-electron chi connectivity index (χ3n) is 2.85. The van der Waals surface area contributed by atoms with Crippen molar-refractivity contribution in [1.82, 2.24) is 5.32 Å². The summed E-state index contributed by atoms with van der Waals surface area (Å²) >= 11 is 5.98. The molecular weight excluding hydrogens is 276 g/mol. The molecule has 4 nitrogen and oxygen atoms in total. The van der Waals surface area contributed by atoms with Crippen LogP contribution >= 0.6 is 11.6 Å². The van der Waals surface area contributed by atoms with Gasteiger partial charge in [0.05, 0.1) is 23.5 Å². The highest BCUT2D eigenvalue weighted by Gasteiger charge is 2.09. The maximum absolute atomic E-state index is 11.8. The highest BCUT2D eigenvalue weighted by Crippen LogP contribution is 2.19. The predicted molar refractivity (Wildman–Crippen MR) is 80.0 cm³/mol. The molecule has 2 rings (SSSR count). The zero-order chi connectivity index (χ0) is 14.4. The molecule has 0 radical (unpaired) electrons. The van der Waals surface area contributed by atoms with Gasteiger partial charge in [0.1, 0.15) is 5.76 Å². The van der Waals surface area contributed by atoms with Crippen LogP contribution in [0, 0.1) is 0 Å². The number of amides is 1. The Bertz CT molecular complexity index is 555. The Balaban J connectivity index is 1.76. The summed E-state index contributed by atoms with van der Waals surface area (Å²) in [5.41, 5.74) is 0.625. The summed E-state index contributed by atoms with van der Waals surface area (Å²) < 4.78 is 5.26. The first kappa shape index (κ1) is 14.6. The van der Waals surface area contributed by atoms with E-state index in [0.717, 1.165) is 12.2 Å². The molecule has 0 fully saturated rings. The van der Waals surface area contributed by atoms with Crippen LogP contribution in [0.1, 0.15) is 12.7 Å². The van der Waals surface area contributed by atoms with E-state index in [1.54, 1.807) is 18.4 Å². The first-order chi connectivity index (χ1) is 9.65. The lowest BCUT2D eigenvalue weighted by Gasteiger charge is -2.12. The second-order valence-electron chi connectivity index (χ2n) is 4.59. The minimum atomic E-state index is -0.121. The molecule has 20 heavy (non-hydrogen) atoms. The minimum absolute atomic E-state index is 0.121. The highest BCUT2D eigenvalue weighted by molar-refractivity contribution is 6.33. The lowest BCUT2D eigenvalue weighted by Crippen LogP contribution is -2.35. The van der Waals surface area contributed by atoms with Gasteiger partial charge in [-0.25, -0.2) is 0 Å². The summed E-state index contributed by atoms with van der Waals surface area (Å²) in [6.07, 6.45) is 2.39. The molecule has 0 aliphatic rings. The molecule has 1 amide bonds. The van der Waals surface area contributed by atoms with Crippen LogP contribution in [-0.2, 0) is 11.2 Å². The van der Waals surface area contributed by atoms with Crippen LogP contribution in [-0.4, -0.2) is 18.5 Å². The summed E-state index contributed by atoms with van der Waals surface area (Å²) in [6.45, 7) is 2.23. The number of carbonyl (C=O) groups is 1. The van der Waals surface area contributed by atoms with Crippen molar-refractivity contribution in [2.45, 2.75) is 19.4 Å². The van der Waals surface area contributed by atoms with Crippen LogP contribution in [0.5, 0.6) is 0 Å². The van der Waals surface area contributed by atoms with Gasteiger partial charge in [-0.2, -0.15) is 0 Å². The number of furan rings is 1. The fraction of sp³-hybridized carbons (Fsp3) is 0.267. The second-order valence-corrected chi connectivity index (χ2v) is 5.00. The van der Waals surface area contributed by atoms with E-state index in [0.29, 0.717) is 10.7 Å². The smallest absolute Gasteiger partial charge is 0.238 e. The summed E-state index contributed by atoms with van der Waals surface area (Å²) in [7, 11) is 0. The topological polar surface area (TPSA) is 54.3 Å². The molecule has 106 valence electrons. The fourth-order valence-corrected chi connectivity index (χ4v) is 2.01. The van der Waals surface area contributed by atoms with Crippen LogP contribution in [0.2, 0.25) is 5.02 Å². The molecule has 5 heteroatoms. The average molecular weight is 293 g/mol. The molecule has 0 spiro atoms. The van der Waals surface area contributed by atoms with E-state index in [1.165, 1.54) is 0 Å². The van der Waals surface area contributed by atoms with Crippen molar-refractivity contribution in [3.05, 3.63) is 53.4 Å². The average Bonchev–Trinajstić information content (AvgIpc) is 2.92. The van der Waals surface area contributed by atoms with E-state index >= 15 is 0 Å². The van der Waals surface area contributed by atoms with Gasteiger partial charge in [-0.05, 0) is 31.2 Å². The van der Waals surface area contributed by atoms with Crippen LogP contribution < -0.4 is 10.6 Å². The maximum Gasteiger partial charge on any atom is 0.238 e. The van der Waals surface area contributed by atoms with Gasteiger partial charge in [0.15, 0.2) is 0 Å². The van der Waals surface area contributed by atoms with Crippen LogP contribution in [0.15, 0.2) is 47.1 Å². The van der Waals surface area contributed by atoms with Crippen molar-refractivity contribution in [2.24, 2.45) is 0 Å². The number of hydrogen-bond donors (Lipinski definition) is 2. The lowest BCUT2D eigenvalue weighted by molar-refractivity contribution is -0.115. The number of para-hydroxylation sites is 1. The number of hydrogen-bond acceptors (Lipinski definition) is 3. The van der Waals surface area contributed by atoms with Crippen molar-refractivity contribution in [3.63, 3.8) is 0 Å². The summed E-state index contributed by atoms with van der Waals surface area (Å²) in [6, 6.07) is 11.1. The Morgan fingerprint density at radius 1 is 1.30 bits per heavy atom. The number of halogens is 1. The Kier molecular flexibility index (Phi) is 5.21. The summed E-state index contributed by atoms with van der Waals surface area (Å²) in [4.78, 5) is 11.8. The summed E-state index contributed by atoms with van der Waals surface area (Å²) in [5, 5.41) is 6.44. The molecule has 0 aliphatic heterocycles. The van der Waals surface area contributed by atoms with E-state index in [2.05, 4.69) is 10.6 Å². The molecule has 1 aromatic carbocycles. The molecule has 1 atom stereocenters. The van der Waals surface area contributed by atoms with Crippen LogP contribution in [0.25, 0.3) is 0 Å². The quantitative estimate of drug-likeness (QED) is 0.860. The molecule has 1 aromatic heterocycles. The second kappa shape index (κ2) is 7.12. The van der Waals surface area contributed by atoms with Gasteiger partial charge in [-0.1, -0.05) is 23.7 Å². The molecule has 1 unspecified atom stereocenters. The third-order valence-corrected chi connectivity index (χ3v) is 3.18. The normalized spacial score (nSPS) is 12.1. The van der Waals surface area contributed by atoms with Gasteiger partial charge in [0, 0.05) is 12.5 Å². The maximum atomic E-state index is 11.8. The van der Waals surface area contributed by atoms with Gasteiger partial charge < -0.3 is 15.1 Å². The van der Waals surface area contributed by atoms with Crippen molar-refractivity contribution in [2.75, 3.05) is 11.9 Å².